The number of carbonyl (C=O) groups is 1. The first kappa shape index (κ1) is 13.9. The maximum absolute atomic E-state index is 11.2. The summed E-state index contributed by atoms with van der Waals surface area (Å²) in [6.45, 7) is 2.62. The molecule has 1 N–H and O–H groups in total. The Hall–Kier alpha value is -1.20. The predicted octanol–water partition coefficient (Wildman–Crippen LogP) is 0.811. The Kier molecular flexibility index (Phi) is 4.84. The third kappa shape index (κ3) is 5.10. The number of Topliss-reactive ketones (excluding diaryl/α,β-unsaturated/α-hetero) is 1. The molecule has 1 aromatic carbocycles. The van der Waals surface area contributed by atoms with Crippen LogP contribution in [0.4, 0.5) is 0 Å². The van der Waals surface area contributed by atoms with Gasteiger partial charge in [0, 0.05) is 6.26 Å². The first-order valence-electron chi connectivity index (χ1n) is 5.39. The maximum atomic E-state index is 11.2. The van der Waals surface area contributed by atoms with Gasteiger partial charge in [-0.05, 0) is 37.6 Å². The number of ketones is 1. The molecule has 1 rings (SSSR count). The van der Waals surface area contributed by atoms with Gasteiger partial charge >= 0.3 is 0 Å². The van der Waals surface area contributed by atoms with Crippen molar-refractivity contribution in [3.63, 3.8) is 0 Å². The van der Waals surface area contributed by atoms with Gasteiger partial charge in [-0.3, -0.25) is 4.79 Å². The molecule has 0 aromatic heterocycles. The summed E-state index contributed by atoms with van der Waals surface area (Å²) in [5.74, 6) is 0.109. The summed E-state index contributed by atoms with van der Waals surface area (Å²) in [5, 5.41) is 3.01. The van der Waals surface area contributed by atoms with Crippen molar-refractivity contribution in [1.29, 1.82) is 0 Å². The third-order valence-corrected chi connectivity index (χ3v) is 3.44. The highest BCUT2D eigenvalue weighted by Crippen LogP contribution is 2.10. The summed E-state index contributed by atoms with van der Waals surface area (Å²) in [4.78, 5) is 11.0. The first-order valence-corrected chi connectivity index (χ1v) is 7.28. The van der Waals surface area contributed by atoms with Crippen LogP contribution in [-0.4, -0.2) is 33.5 Å². The summed E-state index contributed by atoms with van der Waals surface area (Å²) >= 11 is 0. The molecule has 0 bridgehead atoms. The Bertz CT molecular complexity index is 477. The van der Waals surface area contributed by atoms with Crippen LogP contribution in [-0.2, 0) is 21.1 Å². The van der Waals surface area contributed by atoms with Gasteiger partial charge in [0.25, 0.3) is 0 Å². The van der Waals surface area contributed by atoms with Crippen molar-refractivity contribution in [2.24, 2.45) is 0 Å². The summed E-state index contributed by atoms with van der Waals surface area (Å²) < 4.78 is 22.5. The second-order valence-electron chi connectivity index (χ2n) is 4.04. The van der Waals surface area contributed by atoms with E-state index in [0.717, 1.165) is 12.0 Å². The minimum Gasteiger partial charge on any atom is -0.310 e. The minimum absolute atomic E-state index is 0.109. The van der Waals surface area contributed by atoms with E-state index < -0.39 is 9.84 Å². The lowest BCUT2D eigenvalue weighted by atomic mass is 10.1. The highest BCUT2D eigenvalue weighted by atomic mass is 32.2. The van der Waals surface area contributed by atoms with Crippen LogP contribution in [0.1, 0.15) is 12.5 Å². The molecule has 0 spiro atoms. The molecule has 1 aromatic rings. The Labute approximate surface area is 102 Å². The first-order chi connectivity index (χ1) is 7.89. The van der Waals surface area contributed by atoms with E-state index >= 15 is 0 Å². The number of benzene rings is 1. The maximum Gasteiger partial charge on any atom is 0.175 e. The summed E-state index contributed by atoms with van der Waals surface area (Å²) in [6.07, 6.45) is 1.97. The molecule has 17 heavy (non-hydrogen) atoms. The third-order valence-electron chi connectivity index (χ3n) is 2.32. The molecule has 4 nitrogen and oxygen atoms in total. The molecule has 0 saturated carbocycles. The highest BCUT2D eigenvalue weighted by molar-refractivity contribution is 7.90. The average Bonchev–Trinajstić information content (AvgIpc) is 2.23. The number of rotatable bonds is 6. The van der Waals surface area contributed by atoms with Crippen molar-refractivity contribution in [3.8, 4) is 0 Å². The Morgan fingerprint density at radius 2 is 1.82 bits per heavy atom. The highest BCUT2D eigenvalue weighted by Gasteiger charge is 2.05. The minimum atomic E-state index is -3.12. The van der Waals surface area contributed by atoms with E-state index in [-0.39, 0.29) is 5.78 Å². The molecule has 0 aliphatic carbocycles. The summed E-state index contributed by atoms with van der Waals surface area (Å²) in [6, 6.07) is 6.81. The van der Waals surface area contributed by atoms with E-state index in [2.05, 4.69) is 5.32 Å². The fourth-order valence-corrected chi connectivity index (χ4v) is 2.03. The van der Waals surface area contributed by atoms with E-state index in [4.69, 9.17) is 0 Å². The topological polar surface area (TPSA) is 63.2 Å². The number of sulfone groups is 1. The van der Waals surface area contributed by atoms with Crippen LogP contribution in [0, 0.1) is 0 Å². The second-order valence-corrected chi connectivity index (χ2v) is 6.06. The van der Waals surface area contributed by atoms with Gasteiger partial charge in [0.2, 0.25) is 0 Å². The molecule has 0 saturated heterocycles. The van der Waals surface area contributed by atoms with Crippen LogP contribution in [0.5, 0.6) is 0 Å². The van der Waals surface area contributed by atoms with Gasteiger partial charge in [-0.25, -0.2) is 8.42 Å². The largest absolute Gasteiger partial charge is 0.310 e. The monoisotopic (exact) mass is 255 g/mol. The quantitative estimate of drug-likeness (QED) is 0.764. The van der Waals surface area contributed by atoms with Gasteiger partial charge in [-0.2, -0.15) is 0 Å². The molecule has 0 fully saturated rings. The van der Waals surface area contributed by atoms with Crippen LogP contribution >= 0.6 is 0 Å². The zero-order chi connectivity index (χ0) is 12.9. The number of nitrogens with one attached hydrogen (secondary N) is 1. The molecule has 0 atom stereocenters. The van der Waals surface area contributed by atoms with Crippen LogP contribution in [0.2, 0.25) is 0 Å². The molecule has 0 aliphatic rings. The number of hydrogen-bond donors (Lipinski definition) is 1. The zero-order valence-corrected chi connectivity index (χ0v) is 10.9. The Morgan fingerprint density at radius 1 is 1.24 bits per heavy atom. The van der Waals surface area contributed by atoms with E-state index in [1.54, 1.807) is 24.3 Å². The predicted molar refractivity (Wildman–Crippen MR) is 66.8 cm³/mol. The fraction of sp³-hybridized carbons (Fsp3) is 0.417. The van der Waals surface area contributed by atoms with E-state index in [9.17, 15) is 13.2 Å². The molecule has 5 heteroatoms. The Morgan fingerprint density at radius 3 is 2.29 bits per heavy atom. The van der Waals surface area contributed by atoms with Crippen molar-refractivity contribution >= 4 is 15.6 Å². The second kappa shape index (κ2) is 5.93. The molecule has 0 amide bonds. The molecule has 0 aliphatic heterocycles. The smallest absolute Gasteiger partial charge is 0.175 e. The van der Waals surface area contributed by atoms with Crippen LogP contribution < -0.4 is 5.32 Å². The molecular formula is C12H17NO3S. The fourth-order valence-electron chi connectivity index (χ4n) is 1.40. The van der Waals surface area contributed by atoms with Gasteiger partial charge in [-0.15, -0.1) is 0 Å². The van der Waals surface area contributed by atoms with E-state index in [1.165, 1.54) is 13.2 Å². The van der Waals surface area contributed by atoms with Crippen molar-refractivity contribution in [1.82, 2.24) is 5.32 Å². The van der Waals surface area contributed by atoms with Crippen LogP contribution in [0.15, 0.2) is 29.2 Å². The van der Waals surface area contributed by atoms with Crippen molar-refractivity contribution in [2.45, 2.75) is 18.2 Å². The lowest BCUT2D eigenvalue weighted by Gasteiger charge is -2.04. The molecular weight excluding hydrogens is 238 g/mol. The molecule has 94 valence electrons. The number of hydrogen-bond acceptors (Lipinski definition) is 4. The normalized spacial score (nSPS) is 11.4. The lowest BCUT2D eigenvalue weighted by Crippen LogP contribution is -2.23. The van der Waals surface area contributed by atoms with Gasteiger partial charge in [0.15, 0.2) is 9.84 Å². The standard InChI is InChI=1S/C12H17NO3S/c1-10(14)9-13-8-7-11-3-5-12(6-4-11)17(2,15)16/h3-6,13H,7-9H2,1-2H3. The van der Waals surface area contributed by atoms with Crippen molar-refractivity contribution in [3.05, 3.63) is 29.8 Å². The van der Waals surface area contributed by atoms with Crippen molar-refractivity contribution in [2.75, 3.05) is 19.3 Å². The summed E-state index contributed by atoms with van der Waals surface area (Å²) in [5.41, 5.74) is 1.05. The van der Waals surface area contributed by atoms with Crippen LogP contribution in [0.3, 0.4) is 0 Å². The molecule has 0 heterocycles. The number of carbonyl (C=O) groups excluding carboxylic acids is 1. The van der Waals surface area contributed by atoms with Crippen molar-refractivity contribution < 1.29 is 13.2 Å². The van der Waals surface area contributed by atoms with Gasteiger partial charge < -0.3 is 5.32 Å². The van der Waals surface area contributed by atoms with E-state index in [0.29, 0.717) is 18.0 Å². The van der Waals surface area contributed by atoms with E-state index in [1.807, 2.05) is 0 Å². The van der Waals surface area contributed by atoms with Gasteiger partial charge in [0.1, 0.15) is 5.78 Å². The molecule has 0 radical (unpaired) electrons. The van der Waals surface area contributed by atoms with Gasteiger partial charge in [-0.1, -0.05) is 12.1 Å². The zero-order valence-electron chi connectivity index (χ0n) is 10.1. The van der Waals surface area contributed by atoms with Gasteiger partial charge in [0.05, 0.1) is 11.4 Å². The average molecular weight is 255 g/mol. The lowest BCUT2D eigenvalue weighted by molar-refractivity contribution is -0.116. The SMILES string of the molecule is CC(=O)CNCCc1ccc(S(C)(=O)=O)cc1. The van der Waals surface area contributed by atoms with Crippen LogP contribution in [0.25, 0.3) is 0 Å². The summed E-state index contributed by atoms with van der Waals surface area (Å²) in [7, 11) is -3.12. The molecule has 0 unspecified atom stereocenters. The Balaban J connectivity index is 2.49.